The summed E-state index contributed by atoms with van der Waals surface area (Å²) in [5, 5.41) is 0. The summed E-state index contributed by atoms with van der Waals surface area (Å²) in [6.07, 6.45) is 13.3. The molecule has 2 fully saturated rings. The molecule has 1 atom stereocenters. The molecule has 0 heteroatoms. The highest BCUT2D eigenvalue weighted by Crippen LogP contribution is 2.46. The van der Waals surface area contributed by atoms with Crippen molar-refractivity contribution in [3.8, 4) is 0 Å². The first kappa shape index (κ1) is 12.3. The lowest BCUT2D eigenvalue weighted by Gasteiger charge is -2.35. The lowest BCUT2D eigenvalue weighted by Crippen LogP contribution is -2.22. The van der Waals surface area contributed by atoms with Crippen LogP contribution in [0.25, 0.3) is 0 Å². The summed E-state index contributed by atoms with van der Waals surface area (Å²) in [6, 6.07) is 11.4. The highest BCUT2D eigenvalue weighted by molar-refractivity contribution is 5.21. The highest BCUT2D eigenvalue weighted by Gasteiger charge is 2.33. The van der Waals surface area contributed by atoms with Gasteiger partial charge >= 0.3 is 0 Å². The van der Waals surface area contributed by atoms with Crippen molar-refractivity contribution in [2.45, 2.75) is 63.7 Å². The van der Waals surface area contributed by atoms with Crippen LogP contribution in [0.4, 0.5) is 0 Å². The van der Waals surface area contributed by atoms with E-state index in [4.69, 9.17) is 0 Å². The van der Waals surface area contributed by atoms with Crippen LogP contribution < -0.4 is 0 Å². The van der Waals surface area contributed by atoms with Crippen molar-refractivity contribution in [2.75, 3.05) is 0 Å². The van der Waals surface area contributed by atoms with Gasteiger partial charge in [-0.3, -0.25) is 0 Å². The molecule has 0 nitrogen and oxygen atoms in total. The monoisotopic (exact) mass is 242 g/mol. The van der Waals surface area contributed by atoms with E-state index in [0.717, 1.165) is 17.8 Å². The molecular weight excluding hydrogens is 216 g/mol. The smallest absolute Gasteiger partial charge is 0.0105 e. The van der Waals surface area contributed by atoms with Gasteiger partial charge in [-0.15, -0.1) is 0 Å². The fraction of sp³-hybridized carbons (Fsp3) is 0.667. The Hall–Kier alpha value is -0.780. The standard InChI is InChI=1S/C18H26/c1-3-9-15(10-4-1)18(17-13-7-8-14-17)16-11-5-2-6-12-16/h1,3-4,9-10,16-18H,2,5-8,11-14H2. The molecule has 2 aliphatic carbocycles. The molecule has 0 amide bonds. The van der Waals surface area contributed by atoms with Crippen molar-refractivity contribution in [1.82, 2.24) is 0 Å². The van der Waals surface area contributed by atoms with E-state index >= 15 is 0 Å². The second-order valence-electron chi connectivity index (χ2n) is 6.38. The molecule has 18 heavy (non-hydrogen) atoms. The fourth-order valence-corrected chi connectivity index (χ4v) is 4.41. The summed E-state index contributed by atoms with van der Waals surface area (Å²) in [5.74, 6) is 2.83. The lowest BCUT2D eigenvalue weighted by molar-refractivity contribution is 0.243. The molecule has 1 aromatic rings. The van der Waals surface area contributed by atoms with E-state index in [0.29, 0.717) is 0 Å². The third kappa shape index (κ3) is 2.63. The fourth-order valence-electron chi connectivity index (χ4n) is 4.41. The number of hydrogen-bond donors (Lipinski definition) is 0. The Labute approximate surface area is 112 Å². The summed E-state index contributed by atoms with van der Waals surface area (Å²) >= 11 is 0. The molecular formula is C18H26. The first-order chi connectivity index (χ1) is 8.95. The predicted octanol–water partition coefficient (Wildman–Crippen LogP) is 5.54. The number of rotatable bonds is 3. The lowest BCUT2D eigenvalue weighted by atomic mass is 9.70. The van der Waals surface area contributed by atoms with Crippen LogP contribution in [0, 0.1) is 11.8 Å². The van der Waals surface area contributed by atoms with Gasteiger partial charge in [0.25, 0.3) is 0 Å². The molecule has 0 spiro atoms. The predicted molar refractivity (Wildman–Crippen MR) is 77.7 cm³/mol. The van der Waals surface area contributed by atoms with Crippen LogP contribution >= 0.6 is 0 Å². The van der Waals surface area contributed by atoms with E-state index in [2.05, 4.69) is 30.3 Å². The van der Waals surface area contributed by atoms with Gasteiger partial charge in [0.2, 0.25) is 0 Å². The summed E-state index contributed by atoms with van der Waals surface area (Å²) < 4.78 is 0. The molecule has 3 rings (SSSR count). The summed E-state index contributed by atoms with van der Waals surface area (Å²) in [4.78, 5) is 0. The van der Waals surface area contributed by atoms with Crippen LogP contribution in [-0.2, 0) is 0 Å². The van der Waals surface area contributed by atoms with Gasteiger partial charge in [-0.1, -0.05) is 62.4 Å². The average molecular weight is 242 g/mol. The van der Waals surface area contributed by atoms with Crippen molar-refractivity contribution < 1.29 is 0 Å². The quantitative estimate of drug-likeness (QED) is 0.652. The minimum absolute atomic E-state index is 0.869. The largest absolute Gasteiger partial charge is 0.0622 e. The van der Waals surface area contributed by atoms with Gasteiger partial charge in [-0.2, -0.15) is 0 Å². The van der Waals surface area contributed by atoms with E-state index < -0.39 is 0 Å². The van der Waals surface area contributed by atoms with Gasteiger partial charge in [-0.05, 0) is 49.0 Å². The first-order valence-corrected chi connectivity index (χ1v) is 8.00. The topological polar surface area (TPSA) is 0 Å². The molecule has 0 heterocycles. The van der Waals surface area contributed by atoms with E-state index in [1.165, 1.54) is 57.8 Å². The number of benzene rings is 1. The molecule has 2 aliphatic rings. The number of hydrogen-bond acceptors (Lipinski definition) is 0. The molecule has 2 saturated carbocycles. The molecule has 1 aromatic carbocycles. The van der Waals surface area contributed by atoms with Crippen LogP contribution in [-0.4, -0.2) is 0 Å². The van der Waals surface area contributed by atoms with Gasteiger partial charge in [0.1, 0.15) is 0 Å². The van der Waals surface area contributed by atoms with Crippen molar-refractivity contribution in [2.24, 2.45) is 11.8 Å². The molecule has 0 saturated heterocycles. The Morgan fingerprint density at radius 1 is 0.667 bits per heavy atom. The van der Waals surface area contributed by atoms with Crippen LogP contribution in [0.3, 0.4) is 0 Å². The Balaban J connectivity index is 1.82. The molecule has 0 radical (unpaired) electrons. The van der Waals surface area contributed by atoms with E-state index in [9.17, 15) is 0 Å². The molecule has 0 aliphatic heterocycles. The van der Waals surface area contributed by atoms with Gasteiger partial charge in [-0.25, -0.2) is 0 Å². The minimum atomic E-state index is 0.869. The van der Waals surface area contributed by atoms with Crippen LogP contribution in [0.5, 0.6) is 0 Å². The van der Waals surface area contributed by atoms with Gasteiger partial charge in [0.05, 0.1) is 0 Å². The van der Waals surface area contributed by atoms with Crippen LogP contribution in [0.15, 0.2) is 30.3 Å². The van der Waals surface area contributed by atoms with Crippen molar-refractivity contribution in [3.63, 3.8) is 0 Å². The summed E-state index contributed by atoms with van der Waals surface area (Å²) in [7, 11) is 0. The second kappa shape index (κ2) is 5.91. The maximum Gasteiger partial charge on any atom is -0.0105 e. The molecule has 0 N–H and O–H groups in total. The second-order valence-corrected chi connectivity index (χ2v) is 6.38. The Morgan fingerprint density at radius 2 is 1.17 bits per heavy atom. The van der Waals surface area contributed by atoms with Gasteiger partial charge < -0.3 is 0 Å². The SMILES string of the molecule is c1ccc(C(C2CCCCC2)C2CCCC2)cc1. The van der Waals surface area contributed by atoms with Crippen LogP contribution in [0.1, 0.15) is 69.3 Å². The zero-order valence-electron chi connectivity index (χ0n) is 11.5. The zero-order valence-corrected chi connectivity index (χ0v) is 11.5. The zero-order chi connectivity index (χ0) is 12.2. The van der Waals surface area contributed by atoms with Crippen molar-refractivity contribution in [3.05, 3.63) is 35.9 Å². The van der Waals surface area contributed by atoms with Crippen molar-refractivity contribution in [1.29, 1.82) is 0 Å². The molecule has 0 aromatic heterocycles. The maximum absolute atomic E-state index is 2.39. The molecule has 0 bridgehead atoms. The van der Waals surface area contributed by atoms with Gasteiger partial charge in [0.15, 0.2) is 0 Å². The average Bonchev–Trinajstić information content (AvgIpc) is 2.95. The maximum atomic E-state index is 2.39. The van der Waals surface area contributed by atoms with Gasteiger partial charge in [0, 0.05) is 0 Å². The highest BCUT2D eigenvalue weighted by atomic mass is 14.4. The van der Waals surface area contributed by atoms with Crippen molar-refractivity contribution >= 4 is 0 Å². The van der Waals surface area contributed by atoms with E-state index in [-0.39, 0.29) is 0 Å². The Morgan fingerprint density at radius 3 is 1.72 bits per heavy atom. The minimum Gasteiger partial charge on any atom is -0.0622 e. The third-order valence-electron chi connectivity index (χ3n) is 5.25. The third-order valence-corrected chi connectivity index (χ3v) is 5.25. The normalized spacial score (nSPS) is 24.2. The molecule has 1 unspecified atom stereocenters. The molecule has 98 valence electrons. The van der Waals surface area contributed by atoms with E-state index in [1.807, 2.05) is 0 Å². The Bertz CT molecular complexity index is 342. The summed E-state index contributed by atoms with van der Waals surface area (Å²) in [6.45, 7) is 0. The summed E-state index contributed by atoms with van der Waals surface area (Å²) in [5.41, 5.74) is 1.64. The van der Waals surface area contributed by atoms with Crippen LogP contribution in [0.2, 0.25) is 0 Å². The Kier molecular flexibility index (Phi) is 4.02. The van der Waals surface area contributed by atoms with E-state index in [1.54, 1.807) is 5.56 Å². The first-order valence-electron chi connectivity index (χ1n) is 8.00.